The van der Waals surface area contributed by atoms with Crippen molar-refractivity contribution in [3.63, 3.8) is 0 Å². The Morgan fingerprint density at radius 2 is 1.90 bits per heavy atom. The van der Waals surface area contributed by atoms with Gasteiger partial charge in [-0.1, -0.05) is 49.1 Å². The van der Waals surface area contributed by atoms with E-state index in [1.165, 1.54) is 43.2 Å². The Labute approximate surface area is 178 Å². The number of carbonyl (C=O) groups excluding carboxylic acids is 1. The molecule has 1 aromatic carbocycles. The maximum absolute atomic E-state index is 12.4. The van der Waals surface area contributed by atoms with Gasteiger partial charge in [-0.05, 0) is 49.6 Å². The molecule has 0 saturated heterocycles. The molecule has 4 rings (SSSR count). The van der Waals surface area contributed by atoms with E-state index in [9.17, 15) is 4.79 Å². The molecule has 158 valence electrons. The van der Waals surface area contributed by atoms with Crippen LogP contribution in [0, 0.1) is 6.92 Å². The van der Waals surface area contributed by atoms with Gasteiger partial charge in [0, 0.05) is 12.6 Å². The average molecular weight is 407 g/mol. The van der Waals surface area contributed by atoms with Gasteiger partial charge in [0.05, 0.1) is 19.4 Å². The molecule has 30 heavy (non-hydrogen) atoms. The quantitative estimate of drug-likeness (QED) is 0.541. The molecule has 0 atom stereocenters. The van der Waals surface area contributed by atoms with Crippen molar-refractivity contribution in [2.24, 2.45) is 0 Å². The minimum Gasteiger partial charge on any atom is -0.467 e. The van der Waals surface area contributed by atoms with Gasteiger partial charge < -0.3 is 14.2 Å². The summed E-state index contributed by atoms with van der Waals surface area (Å²) in [6.45, 7) is 4.09. The number of amides is 1. The van der Waals surface area contributed by atoms with E-state index in [1.807, 2.05) is 12.1 Å². The summed E-state index contributed by atoms with van der Waals surface area (Å²) in [5, 5.41) is 2.84. The standard InChI is InChI=1S/C25H30N2O3/c1-19-7-5-8-20(15-19)17-27(21-9-3-2-4-10-21)18-23-12-13-24(30-23)25(28)26-16-22-11-6-14-29-22/h5-8,11-15,21H,2-4,9-10,16-18H2,1H3,(H,26,28). The normalized spacial score (nSPS) is 14.9. The predicted octanol–water partition coefficient (Wildman–Crippen LogP) is 5.45. The van der Waals surface area contributed by atoms with Gasteiger partial charge in [-0.2, -0.15) is 0 Å². The monoisotopic (exact) mass is 406 g/mol. The number of carbonyl (C=O) groups is 1. The maximum atomic E-state index is 12.4. The molecule has 3 aromatic rings. The molecule has 1 aliphatic rings. The summed E-state index contributed by atoms with van der Waals surface area (Å²) >= 11 is 0. The lowest BCUT2D eigenvalue weighted by molar-refractivity contribution is 0.0910. The largest absolute Gasteiger partial charge is 0.467 e. The first kappa shape index (κ1) is 20.5. The zero-order valence-corrected chi connectivity index (χ0v) is 17.6. The Balaban J connectivity index is 1.42. The molecule has 0 bridgehead atoms. The third-order valence-electron chi connectivity index (χ3n) is 5.81. The third-order valence-corrected chi connectivity index (χ3v) is 5.81. The smallest absolute Gasteiger partial charge is 0.287 e. The molecule has 1 amide bonds. The van der Waals surface area contributed by atoms with Gasteiger partial charge in [0.25, 0.3) is 5.91 Å². The molecule has 5 heteroatoms. The zero-order chi connectivity index (χ0) is 20.8. The predicted molar refractivity (Wildman–Crippen MR) is 116 cm³/mol. The van der Waals surface area contributed by atoms with Crippen LogP contribution in [0.3, 0.4) is 0 Å². The molecular weight excluding hydrogens is 376 g/mol. The van der Waals surface area contributed by atoms with Gasteiger partial charge in [-0.25, -0.2) is 0 Å². The number of hydrogen-bond donors (Lipinski definition) is 1. The number of hydrogen-bond acceptors (Lipinski definition) is 4. The summed E-state index contributed by atoms with van der Waals surface area (Å²) in [5.41, 5.74) is 2.60. The Bertz CT molecular complexity index is 939. The van der Waals surface area contributed by atoms with Gasteiger partial charge in [0.2, 0.25) is 0 Å². The summed E-state index contributed by atoms with van der Waals surface area (Å²) in [4.78, 5) is 14.9. The number of benzene rings is 1. The van der Waals surface area contributed by atoms with E-state index in [1.54, 1.807) is 18.4 Å². The second kappa shape index (κ2) is 9.81. The van der Waals surface area contributed by atoms with Crippen LogP contribution in [0.25, 0.3) is 0 Å². The molecular formula is C25H30N2O3. The molecule has 1 aliphatic carbocycles. The number of nitrogens with zero attached hydrogens (tertiary/aromatic N) is 1. The van der Waals surface area contributed by atoms with Crippen LogP contribution >= 0.6 is 0 Å². The zero-order valence-electron chi connectivity index (χ0n) is 17.6. The lowest BCUT2D eigenvalue weighted by atomic mass is 9.93. The van der Waals surface area contributed by atoms with Crippen molar-refractivity contribution in [2.45, 2.75) is 64.7 Å². The van der Waals surface area contributed by atoms with E-state index >= 15 is 0 Å². The first-order chi connectivity index (χ1) is 14.7. The number of rotatable bonds is 8. The van der Waals surface area contributed by atoms with Crippen molar-refractivity contribution >= 4 is 5.91 Å². The molecule has 1 N–H and O–H groups in total. The average Bonchev–Trinajstić information content (AvgIpc) is 3.44. The van der Waals surface area contributed by atoms with E-state index in [0.717, 1.165) is 18.1 Å². The van der Waals surface area contributed by atoms with E-state index < -0.39 is 0 Å². The fourth-order valence-electron chi connectivity index (χ4n) is 4.26. The maximum Gasteiger partial charge on any atom is 0.287 e. The van der Waals surface area contributed by atoms with E-state index in [4.69, 9.17) is 8.83 Å². The molecule has 2 heterocycles. The summed E-state index contributed by atoms with van der Waals surface area (Å²) in [6, 6.07) is 16.6. The van der Waals surface area contributed by atoms with Crippen LogP contribution in [0.2, 0.25) is 0 Å². The molecule has 0 spiro atoms. The molecule has 2 aromatic heterocycles. The van der Waals surface area contributed by atoms with Crippen molar-refractivity contribution in [3.8, 4) is 0 Å². The molecule has 5 nitrogen and oxygen atoms in total. The molecule has 0 unspecified atom stereocenters. The van der Waals surface area contributed by atoms with Gasteiger partial charge in [-0.3, -0.25) is 9.69 Å². The second-order valence-electron chi connectivity index (χ2n) is 8.21. The minimum atomic E-state index is -0.222. The second-order valence-corrected chi connectivity index (χ2v) is 8.21. The van der Waals surface area contributed by atoms with Crippen molar-refractivity contribution in [1.82, 2.24) is 10.2 Å². The summed E-state index contributed by atoms with van der Waals surface area (Å²) in [7, 11) is 0. The SMILES string of the molecule is Cc1cccc(CN(Cc2ccc(C(=O)NCc3ccco3)o2)C2CCCCC2)c1. The van der Waals surface area contributed by atoms with Crippen LogP contribution in [0.15, 0.2) is 63.6 Å². The lowest BCUT2D eigenvalue weighted by Crippen LogP contribution is -2.35. The van der Waals surface area contributed by atoms with Crippen LogP contribution in [-0.4, -0.2) is 16.8 Å². The Kier molecular flexibility index (Phi) is 6.70. The van der Waals surface area contributed by atoms with E-state index in [-0.39, 0.29) is 5.91 Å². The van der Waals surface area contributed by atoms with Crippen molar-refractivity contribution in [2.75, 3.05) is 0 Å². The highest BCUT2D eigenvalue weighted by atomic mass is 16.4. The molecule has 0 radical (unpaired) electrons. The number of furan rings is 2. The number of aryl methyl sites for hydroxylation is 1. The van der Waals surface area contributed by atoms with Gasteiger partial charge in [0.15, 0.2) is 5.76 Å². The summed E-state index contributed by atoms with van der Waals surface area (Å²) in [5.74, 6) is 1.67. The van der Waals surface area contributed by atoms with Crippen LogP contribution in [-0.2, 0) is 19.6 Å². The Morgan fingerprint density at radius 3 is 2.67 bits per heavy atom. The highest BCUT2D eigenvalue weighted by molar-refractivity contribution is 5.91. The van der Waals surface area contributed by atoms with Gasteiger partial charge in [-0.15, -0.1) is 0 Å². The van der Waals surface area contributed by atoms with Crippen molar-refractivity contribution < 1.29 is 13.6 Å². The van der Waals surface area contributed by atoms with E-state index in [0.29, 0.717) is 24.9 Å². The fraction of sp³-hybridized carbons (Fsp3) is 0.400. The topological polar surface area (TPSA) is 58.6 Å². The lowest BCUT2D eigenvalue weighted by Gasteiger charge is -2.34. The number of nitrogens with one attached hydrogen (secondary N) is 1. The Hall–Kier alpha value is -2.79. The van der Waals surface area contributed by atoms with Crippen molar-refractivity contribution in [1.29, 1.82) is 0 Å². The van der Waals surface area contributed by atoms with Gasteiger partial charge >= 0.3 is 0 Å². The summed E-state index contributed by atoms with van der Waals surface area (Å²) in [6.07, 6.45) is 7.95. The summed E-state index contributed by atoms with van der Waals surface area (Å²) < 4.78 is 11.2. The van der Waals surface area contributed by atoms with Crippen LogP contribution < -0.4 is 5.32 Å². The molecule has 1 saturated carbocycles. The highest BCUT2D eigenvalue weighted by Crippen LogP contribution is 2.26. The van der Waals surface area contributed by atoms with Crippen LogP contribution in [0.5, 0.6) is 0 Å². The fourth-order valence-corrected chi connectivity index (χ4v) is 4.26. The Morgan fingerprint density at radius 1 is 1.03 bits per heavy atom. The van der Waals surface area contributed by atoms with Gasteiger partial charge in [0.1, 0.15) is 11.5 Å². The van der Waals surface area contributed by atoms with Crippen molar-refractivity contribution in [3.05, 3.63) is 83.2 Å². The molecule has 1 fully saturated rings. The minimum absolute atomic E-state index is 0.222. The first-order valence-corrected chi connectivity index (χ1v) is 10.9. The van der Waals surface area contributed by atoms with Crippen LogP contribution in [0.4, 0.5) is 0 Å². The van der Waals surface area contributed by atoms with Crippen LogP contribution in [0.1, 0.15) is 65.3 Å². The van der Waals surface area contributed by atoms with E-state index in [2.05, 4.69) is 41.4 Å². The molecule has 0 aliphatic heterocycles. The third kappa shape index (κ3) is 5.42. The highest BCUT2D eigenvalue weighted by Gasteiger charge is 2.23. The first-order valence-electron chi connectivity index (χ1n) is 10.9.